The molecule has 10 heteroatoms. The summed E-state index contributed by atoms with van der Waals surface area (Å²) >= 11 is 2.93. The Balaban J connectivity index is 2.93. The molecule has 112 valence electrons. The Labute approximate surface area is 120 Å². The van der Waals surface area contributed by atoms with Crippen LogP contribution in [0.2, 0.25) is 0 Å². The highest BCUT2D eigenvalue weighted by Gasteiger charge is 2.30. The van der Waals surface area contributed by atoms with Gasteiger partial charge in [0, 0.05) is 4.47 Å². The normalized spacial score (nSPS) is 12.4. The second-order valence-corrected chi connectivity index (χ2v) is 6.52. The van der Waals surface area contributed by atoms with Gasteiger partial charge in [-0.3, -0.25) is 4.74 Å². The molecular weight excluding hydrogens is 369 g/mol. The predicted octanol–water partition coefficient (Wildman–Crippen LogP) is 2.46. The first kappa shape index (κ1) is 16.9. The molecule has 0 unspecified atom stereocenters. The number of halogens is 4. The summed E-state index contributed by atoms with van der Waals surface area (Å²) in [6.07, 6.45) is -4.92. The van der Waals surface area contributed by atoms with E-state index in [0.29, 0.717) is 0 Å². The number of benzene rings is 1. The van der Waals surface area contributed by atoms with Crippen molar-refractivity contribution in [1.29, 1.82) is 0 Å². The van der Waals surface area contributed by atoms with Gasteiger partial charge in [-0.05, 0) is 34.1 Å². The van der Waals surface area contributed by atoms with Gasteiger partial charge in [-0.25, -0.2) is 13.2 Å². The van der Waals surface area contributed by atoms with Gasteiger partial charge in [0.2, 0.25) is 0 Å². The Morgan fingerprint density at radius 2 is 1.95 bits per heavy atom. The number of carbonyl (C=O) groups is 1. The third-order valence-electron chi connectivity index (χ3n) is 2.15. The molecule has 1 aromatic carbocycles. The Bertz CT molecular complexity index is 612. The van der Waals surface area contributed by atoms with Crippen LogP contribution in [0.1, 0.15) is 10.4 Å². The quantitative estimate of drug-likeness (QED) is 0.853. The number of carboxylic acids is 1. The highest BCUT2D eigenvalue weighted by atomic mass is 79.9. The van der Waals surface area contributed by atoms with E-state index in [-0.39, 0.29) is 14.9 Å². The van der Waals surface area contributed by atoms with Gasteiger partial charge in [0.05, 0.1) is 22.8 Å². The fourth-order valence-corrected chi connectivity index (χ4v) is 2.77. The first-order chi connectivity index (χ1) is 9.03. The molecule has 0 radical (unpaired) electrons. The Kier molecular flexibility index (Phi) is 5.16. The van der Waals surface area contributed by atoms with Crippen molar-refractivity contribution in [3.63, 3.8) is 0 Å². The van der Waals surface area contributed by atoms with Crippen LogP contribution >= 0.6 is 15.9 Å². The van der Waals surface area contributed by atoms with Gasteiger partial charge < -0.3 is 5.11 Å². The standard InChI is InChI=1S/C10H8BrF3O5S/c11-8-2-1-6(5-7(8)9(15)16)20(17,18)4-3-19-10(12,13)14/h1-2,5H,3-4H2,(H,15,16). The molecule has 0 aromatic heterocycles. The second kappa shape index (κ2) is 6.10. The number of rotatable bonds is 5. The second-order valence-electron chi connectivity index (χ2n) is 3.56. The number of hydrogen-bond donors (Lipinski definition) is 1. The molecule has 5 nitrogen and oxygen atoms in total. The molecule has 1 aromatic rings. The van der Waals surface area contributed by atoms with Crippen molar-refractivity contribution in [2.75, 3.05) is 12.4 Å². The van der Waals surface area contributed by atoms with Crippen LogP contribution in [0.3, 0.4) is 0 Å². The summed E-state index contributed by atoms with van der Waals surface area (Å²) in [7, 11) is -4.06. The number of sulfone groups is 1. The van der Waals surface area contributed by atoms with Crippen LogP contribution in [0.4, 0.5) is 13.2 Å². The van der Waals surface area contributed by atoms with Gasteiger partial charge in [-0.15, -0.1) is 13.2 Å². The maximum Gasteiger partial charge on any atom is 0.522 e. The van der Waals surface area contributed by atoms with E-state index >= 15 is 0 Å². The van der Waals surface area contributed by atoms with Crippen LogP contribution in [0.15, 0.2) is 27.6 Å². The number of hydrogen-bond acceptors (Lipinski definition) is 4. The zero-order valence-corrected chi connectivity index (χ0v) is 12.0. The summed E-state index contributed by atoms with van der Waals surface area (Å²) in [5.41, 5.74) is -0.303. The molecule has 0 aliphatic rings. The fourth-order valence-electron chi connectivity index (χ4n) is 1.25. The minimum Gasteiger partial charge on any atom is -0.478 e. The van der Waals surface area contributed by atoms with Gasteiger partial charge in [0.15, 0.2) is 9.84 Å². The molecule has 0 heterocycles. The molecular formula is C10H8BrF3O5S. The Morgan fingerprint density at radius 1 is 1.35 bits per heavy atom. The first-order valence-corrected chi connectivity index (χ1v) is 7.44. The molecule has 0 bridgehead atoms. The van der Waals surface area contributed by atoms with Gasteiger partial charge >= 0.3 is 12.3 Å². The van der Waals surface area contributed by atoms with Crippen molar-refractivity contribution in [2.45, 2.75) is 11.3 Å². The third kappa shape index (κ3) is 4.76. The van der Waals surface area contributed by atoms with Crippen LogP contribution in [0.5, 0.6) is 0 Å². The number of carboxylic acid groups (broad SMARTS) is 1. The largest absolute Gasteiger partial charge is 0.522 e. The maximum absolute atomic E-state index is 11.8. The highest BCUT2D eigenvalue weighted by Crippen LogP contribution is 2.22. The lowest BCUT2D eigenvalue weighted by Gasteiger charge is -2.09. The van der Waals surface area contributed by atoms with Gasteiger partial charge in [0.25, 0.3) is 0 Å². The highest BCUT2D eigenvalue weighted by molar-refractivity contribution is 9.10. The third-order valence-corrected chi connectivity index (χ3v) is 4.51. The van der Waals surface area contributed by atoms with E-state index in [2.05, 4.69) is 20.7 Å². The smallest absolute Gasteiger partial charge is 0.478 e. The lowest BCUT2D eigenvalue weighted by molar-refractivity contribution is -0.322. The van der Waals surface area contributed by atoms with E-state index in [1.807, 2.05) is 0 Å². The monoisotopic (exact) mass is 376 g/mol. The van der Waals surface area contributed by atoms with Crippen molar-refractivity contribution in [3.8, 4) is 0 Å². The van der Waals surface area contributed by atoms with Gasteiger partial charge in [-0.1, -0.05) is 0 Å². The maximum atomic E-state index is 11.8. The summed E-state index contributed by atoms with van der Waals surface area (Å²) in [6.45, 7) is -1.07. The first-order valence-electron chi connectivity index (χ1n) is 4.99. The Morgan fingerprint density at radius 3 is 2.45 bits per heavy atom. The molecule has 0 spiro atoms. The number of ether oxygens (including phenoxy) is 1. The van der Waals surface area contributed by atoms with Crippen LogP contribution in [-0.4, -0.2) is 38.2 Å². The molecule has 1 rings (SSSR count). The summed E-state index contributed by atoms with van der Waals surface area (Å²) in [5.74, 6) is -2.27. The van der Waals surface area contributed by atoms with E-state index in [0.717, 1.165) is 12.1 Å². The van der Waals surface area contributed by atoms with Crippen molar-refractivity contribution >= 4 is 31.7 Å². The van der Waals surface area contributed by atoms with E-state index in [9.17, 15) is 26.4 Å². The van der Waals surface area contributed by atoms with Gasteiger partial charge in [0.1, 0.15) is 0 Å². The van der Waals surface area contributed by atoms with Crippen LogP contribution in [-0.2, 0) is 14.6 Å². The van der Waals surface area contributed by atoms with Crippen LogP contribution < -0.4 is 0 Å². The lowest BCUT2D eigenvalue weighted by Crippen LogP contribution is -2.20. The van der Waals surface area contributed by atoms with E-state index in [1.165, 1.54) is 6.07 Å². The van der Waals surface area contributed by atoms with Crippen molar-refractivity contribution < 1.29 is 36.2 Å². The molecule has 20 heavy (non-hydrogen) atoms. The minimum absolute atomic E-state index is 0.162. The molecule has 0 saturated carbocycles. The fraction of sp³-hybridized carbons (Fsp3) is 0.300. The zero-order chi connectivity index (χ0) is 15.6. The van der Waals surface area contributed by atoms with E-state index in [4.69, 9.17) is 5.11 Å². The van der Waals surface area contributed by atoms with E-state index in [1.54, 1.807) is 0 Å². The average Bonchev–Trinajstić information content (AvgIpc) is 2.26. The summed E-state index contributed by atoms with van der Waals surface area (Å²) in [5, 5.41) is 8.84. The van der Waals surface area contributed by atoms with Crippen LogP contribution in [0.25, 0.3) is 0 Å². The topological polar surface area (TPSA) is 80.7 Å². The van der Waals surface area contributed by atoms with Crippen LogP contribution in [0, 0.1) is 0 Å². The predicted molar refractivity (Wildman–Crippen MR) is 65.2 cm³/mol. The summed E-state index contributed by atoms with van der Waals surface area (Å²) in [6, 6.07) is 3.16. The summed E-state index contributed by atoms with van der Waals surface area (Å²) in [4.78, 5) is 10.5. The molecule has 0 fully saturated rings. The molecule has 0 amide bonds. The molecule has 0 saturated heterocycles. The Hall–Kier alpha value is -1.13. The zero-order valence-electron chi connectivity index (χ0n) is 9.65. The SMILES string of the molecule is O=C(O)c1cc(S(=O)(=O)CCOC(F)(F)F)ccc1Br. The van der Waals surface area contributed by atoms with Crippen molar-refractivity contribution in [2.24, 2.45) is 0 Å². The van der Waals surface area contributed by atoms with Gasteiger partial charge in [-0.2, -0.15) is 0 Å². The summed E-state index contributed by atoms with van der Waals surface area (Å²) < 4.78 is 62.3. The molecule has 0 atom stereocenters. The number of alkyl halides is 3. The minimum atomic E-state index is -4.92. The molecule has 0 aliphatic heterocycles. The average molecular weight is 377 g/mol. The lowest BCUT2D eigenvalue weighted by atomic mass is 10.2. The number of aromatic carboxylic acids is 1. The van der Waals surface area contributed by atoms with E-state index < -0.39 is 34.5 Å². The molecule has 1 N–H and O–H groups in total. The van der Waals surface area contributed by atoms with Crippen molar-refractivity contribution in [3.05, 3.63) is 28.2 Å². The van der Waals surface area contributed by atoms with Crippen molar-refractivity contribution in [1.82, 2.24) is 0 Å². The molecule has 0 aliphatic carbocycles.